The van der Waals surface area contributed by atoms with Crippen molar-refractivity contribution in [2.45, 2.75) is 38.6 Å². The van der Waals surface area contributed by atoms with Gasteiger partial charge < -0.3 is 20.1 Å². The molecular formula is C18H28IN3O2. The zero-order valence-electron chi connectivity index (χ0n) is 14.9. The lowest BCUT2D eigenvalue weighted by Gasteiger charge is -2.28. The quantitative estimate of drug-likeness (QED) is 0.425. The van der Waals surface area contributed by atoms with Crippen LogP contribution in [0.15, 0.2) is 23.2 Å². The van der Waals surface area contributed by atoms with Crippen LogP contribution < -0.4 is 20.1 Å². The van der Waals surface area contributed by atoms with Gasteiger partial charge in [0.25, 0.3) is 0 Å². The summed E-state index contributed by atoms with van der Waals surface area (Å²) in [7, 11) is 1.82. The maximum Gasteiger partial charge on any atom is 0.191 e. The van der Waals surface area contributed by atoms with Gasteiger partial charge in [-0.1, -0.05) is 26.8 Å². The molecule has 2 N–H and O–H groups in total. The number of aliphatic imine (C=N–C) groups is 1. The number of fused-ring (bicyclic) bond motifs is 1. The Morgan fingerprint density at radius 3 is 2.54 bits per heavy atom. The van der Waals surface area contributed by atoms with Gasteiger partial charge in [0.05, 0.1) is 0 Å². The summed E-state index contributed by atoms with van der Waals surface area (Å²) in [5, 5.41) is 6.91. The van der Waals surface area contributed by atoms with Gasteiger partial charge in [0.2, 0.25) is 0 Å². The molecule has 24 heavy (non-hydrogen) atoms. The van der Waals surface area contributed by atoms with Crippen molar-refractivity contribution in [3.8, 4) is 11.5 Å². The van der Waals surface area contributed by atoms with Gasteiger partial charge in [-0.05, 0) is 30.0 Å². The van der Waals surface area contributed by atoms with E-state index in [0.717, 1.165) is 29.9 Å². The molecule has 3 rings (SSSR count). The monoisotopic (exact) mass is 445 g/mol. The first-order valence-corrected chi connectivity index (χ1v) is 8.37. The van der Waals surface area contributed by atoms with Crippen LogP contribution in [0.3, 0.4) is 0 Å². The van der Waals surface area contributed by atoms with E-state index in [0.29, 0.717) is 19.3 Å². The lowest BCUT2D eigenvalue weighted by Crippen LogP contribution is -2.44. The van der Waals surface area contributed by atoms with E-state index in [-0.39, 0.29) is 29.4 Å². The Hall–Kier alpha value is -1.18. The zero-order chi connectivity index (χ0) is 16.4. The van der Waals surface area contributed by atoms with Gasteiger partial charge in [0.15, 0.2) is 17.5 Å². The Balaban J connectivity index is 0.00000208. The van der Waals surface area contributed by atoms with Crippen LogP contribution in [-0.4, -0.2) is 38.8 Å². The SMILES string of the molecule is CN=C(NCC(C)(C)c1ccc2c(c1)OCCO2)NC1CC1C.I. The number of nitrogens with one attached hydrogen (secondary N) is 2. The molecule has 0 radical (unpaired) electrons. The van der Waals surface area contributed by atoms with Crippen molar-refractivity contribution in [3.63, 3.8) is 0 Å². The van der Waals surface area contributed by atoms with E-state index in [9.17, 15) is 0 Å². The van der Waals surface area contributed by atoms with Gasteiger partial charge in [-0.2, -0.15) is 0 Å². The maximum absolute atomic E-state index is 5.70. The molecule has 0 aromatic heterocycles. The fourth-order valence-electron chi connectivity index (χ4n) is 2.76. The Kier molecular flexibility index (Phi) is 6.22. The lowest BCUT2D eigenvalue weighted by atomic mass is 9.84. The molecule has 1 saturated carbocycles. The van der Waals surface area contributed by atoms with E-state index < -0.39 is 0 Å². The second-order valence-corrected chi connectivity index (χ2v) is 7.13. The van der Waals surface area contributed by atoms with E-state index >= 15 is 0 Å². The molecule has 0 saturated heterocycles. The summed E-state index contributed by atoms with van der Waals surface area (Å²) in [5.74, 6) is 3.31. The summed E-state index contributed by atoms with van der Waals surface area (Å²) in [6, 6.07) is 6.78. The summed E-state index contributed by atoms with van der Waals surface area (Å²) < 4.78 is 11.3. The molecule has 2 atom stereocenters. The highest BCUT2D eigenvalue weighted by atomic mass is 127. The fourth-order valence-corrected chi connectivity index (χ4v) is 2.76. The molecule has 1 aliphatic carbocycles. The largest absolute Gasteiger partial charge is 0.486 e. The summed E-state index contributed by atoms with van der Waals surface area (Å²) in [6.07, 6.45) is 1.23. The van der Waals surface area contributed by atoms with Crippen LogP contribution in [-0.2, 0) is 5.41 Å². The molecule has 5 nitrogen and oxygen atoms in total. The van der Waals surface area contributed by atoms with Crippen molar-refractivity contribution in [2.75, 3.05) is 26.8 Å². The summed E-state index contributed by atoms with van der Waals surface area (Å²) in [5.41, 5.74) is 1.19. The first-order chi connectivity index (χ1) is 11.0. The minimum atomic E-state index is -0.0391. The van der Waals surface area contributed by atoms with Crippen molar-refractivity contribution in [1.82, 2.24) is 10.6 Å². The predicted molar refractivity (Wildman–Crippen MR) is 108 cm³/mol. The first kappa shape index (κ1) is 19.1. The molecule has 2 unspecified atom stereocenters. The standard InChI is InChI=1S/C18H27N3O2.HI/c1-12-9-14(12)21-17(19-4)20-11-18(2,3)13-5-6-15-16(10-13)23-8-7-22-15;/h5-6,10,12,14H,7-9,11H2,1-4H3,(H2,19,20,21);1H. The van der Waals surface area contributed by atoms with E-state index in [1.807, 2.05) is 13.1 Å². The van der Waals surface area contributed by atoms with Crippen LogP contribution >= 0.6 is 24.0 Å². The van der Waals surface area contributed by atoms with Gasteiger partial charge in [-0.15, -0.1) is 24.0 Å². The smallest absolute Gasteiger partial charge is 0.191 e. The van der Waals surface area contributed by atoms with Gasteiger partial charge in [0.1, 0.15) is 13.2 Å². The highest BCUT2D eigenvalue weighted by molar-refractivity contribution is 14.0. The van der Waals surface area contributed by atoms with Crippen LogP contribution in [0, 0.1) is 5.92 Å². The van der Waals surface area contributed by atoms with Crippen LogP contribution in [0.2, 0.25) is 0 Å². The number of guanidine groups is 1. The predicted octanol–water partition coefficient (Wildman–Crippen LogP) is 2.93. The number of ether oxygens (including phenoxy) is 2. The molecule has 0 bridgehead atoms. The molecule has 1 fully saturated rings. The topological polar surface area (TPSA) is 54.9 Å². The average Bonchev–Trinajstić information content (AvgIpc) is 3.26. The Labute approximate surface area is 161 Å². The van der Waals surface area contributed by atoms with Crippen LogP contribution in [0.1, 0.15) is 32.8 Å². The minimum Gasteiger partial charge on any atom is -0.486 e. The number of rotatable bonds is 4. The molecular weight excluding hydrogens is 417 g/mol. The molecule has 134 valence electrons. The molecule has 1 aromatic rings. The van der Waals surface area contributed by atoms with Crippen molar-refractivity contribution < 1.29 is 9.47 Å². The minimum absolute atomic E-state index is 0. The third-order valence-electron chi connectivity index (χ3n) is 4.68. The van der Waals surface area contributed by atoms with Crippen molar-refractivity contribution in [2.24, 2.45) is 10.9 Å². The summed E-state index contributed by atoms with van der Waals surface area (Å²) in [6.45, 7) is 8.73. The van der Waals surface area contributed by atoms with E-state index in [1.54, 1.807) is 0 Å². The van der Waals surface area contributed by atoms with Gasteiger partial charge >= 0.3 is 0 Å². The molecule has 1 heterocycles. The van der Waals surface area contributed by atoms with E-state index in [4.69, 9.17) is 9.47 Å². The fraction of sp³-hybridized carbons (Fsp3) is 0.611. The van der Waals surface area contributed by atoms with Gasteiger partial charge in [-0.3, -0.25) is 4.99 Å². The summed E-state index contributed by atoms with van der Waals surface area (Å²) in [4.78, 5) is 4.32. The van der Waals surface area contributed by atoms with Gasteiger partial charge in [0, 0.05) is 25.0 Å². The molecule has 0 spiro atoms. The van der Waals surface area contributed by atoms with E-state index in [2.05, 4.69) is 48.5 Å². The number of hydrogen-bond donors (Lipinski definition) is 2. The van der Waals surface area contributed by atoms with Crippen LogP contribution in [0.4, 0.5) is 0 Å². The highest BCUT2D eigenvalue weighted by Crippen LogP contribution is 2.35. The average molecular weight is 445 g/mol. The third kappa shape index (κ3) is 4.46. The number of hydrogen-bond acceptors (Lipinski definition) is 3. The number of halogens is 1. The van der Waals surface area contributed by atoms with Crippen molar-refractivity contribution in [3.05, 3.63) is 23.8 Å². The zero-order valence-corrected chi connectivity index (χ0v) is 17.2. The molecule has 6 heteroatoms. The Morgan fingerprint density at radius 2 is 1.92 bits per heavy atom. The lowest BCUT2D eigenvalue weighted by molar-refractivity contribution is 0.171. The third-order valence-corrected chi connectivity index (χ3v) is 4.68. The number of nitrogens with zero attached hydrogens (tertiary/aromatic N) is 1. The van der Waals surface area contributed by atoms with Crippen molar-refractivity contribution in [1.29, 1.82) is 0 Å². The van der Waals surface area contributed by atoms with Crippen LogP contribution in [0.25, 0.3) is 0 Å². The second-order valence-electron chi connectivity index (χ2n) is 7.13. The normalized spacial score (nSPS) is 22.4. The molecule has 1 aliphatic heterocycles. The molecule has 2 aliphatic rings. The second kappa shape index (κ2) is 7.80. The Morgan fingerprint density at radius 1 is 1.25 bits per heavy atom. The molecule has 0 amide bonds. The van der Waals surface area contributed by atoms with E-state index in [1.165, 1.54) is 12.0 Å². The highest BCUT2D eigenvalue weighted by Gasteiger charge is 2.33. The maximum atomic E-state index is 5.70. The Bertz CT molecular complexity index is 604. The number of benzene rings is 1. The summed E-state index contributed by atoms with van der Waals surface area (Å²) >= 11 is 0. The van der Waals surface area contributed by atoms with Gasteiger partial charge in [-0.25, -0.2) is 0 Å². The first-order valence-electron chi connectivity index (χ1n) is 8.37. The van der Waals surface area contributed by atoms with Crippen LogP contribution in [0.5, 0.6) is 11.5 Å². The van der Waals surface area contributed by atoms with Crippen molar-refractivity contribution >= 4 is 29.9 Å². The molecule has 1 aromatic carbocycles.